The molecule has 0 saturated carbocycles. The van der Waals surface area contributed by atoms with E-state index in [0.29, 0.717) is 11.3 Å². The highest BCUT2D eigenvalue weighted by Gasteiger charge is 2.10. The molecule has 0 fully saturated rings. The van der Waals surface area contributed by atoms with Gasteiger partial charge in [-0.15, -0.1) is 0 Å². The van der Waals surface area contributed by atoms with Gasteiger partial charge in [0.25, 0.3) is 5.91 Å². The monoisotopic (exact) mass is 361 g/mol. The Kier molecular flexibility index (Phi) is 5.47. The van der Waals surface area contributed by atoms with Gasteiger partial charge in [0, 0.05) is 18.2 Å². The van der Waals surface area contributed by atoms with E-state index >= 15 is 0 Å². The van der Waals surface area contributed by atoms with Gasteiger partial charge >= 0.3 is 0 Å². The SMILES string of the molecule is CC(=O)Nc1ccc(C(=O)NNC(=O)Cc2cccc3ccccc23)cc1. The fraction of sp³-hybridized carbons (Fsp3) is 0.0952. The average molecular weight is 361 g/mol. The Balaban J connectivity index is 1.58. The summed E-state index contributed by atoms with van der Waals surface area (Å²) in [4.78, 5) is 35.3. The molecule has 0 aliphatic rings. The third kappa shape index (κ3) is 4.70. The fourth-order valence-corrected chi connectivity index (χ4v) is 2.77. The summed E-state index contributed by atoms with van der Waals surface area (Å²) in [6, 6.07) is 20.0. The van der Waals surface area contributed by atoms with E-state index in [9.17, 15) is 14.4 Å². The fourth-order valence-electron chi connectivity index (χ4n) is 2.77. The van der Waals surface area contributed by atoms with Crippen LogP contribution in [0, 0.1) is 0 Å². The number of hydrogen-bond acceptors (Lipinski definition) is 3. The van der Waals surface area contributed by atoms with Crippen LogP contribution in [0.5, 0.6) is 0 Å². The third-order valence-electron chi connectivity index (χ3n) is 4.01. The number of carbonyl (C=O) groups is 3. The largest absolute Gasteiger partial charge is 0.326 e. The molecule has 0 aliphatic carbocycles. The molecule has 0 bridgehead atoms. The molecule has 0 aliphatic heterocycles. The van der Waals surface area contributed by atoms with Crippen LogP contribution in [-0.4, -0.2) is 17.7 Å². The van der Waals surface area contributed by atoms with Gasteiger partial charge in [-0.3, -0.25) is 25.2 Å². The first-order valence-corrected chi connectivity index (χ1v) is 8.46. The van der Waals surface area contributed by atoms with Gasteiger partial charge in [0.1, 0.15) is 0 Å². The second-order valence-corrected chi connectivity index (χ2v) is 6.08. The topological polar surface area (TPSA) is 87.3 Å². The van der Waals surface area contributed by atoms with E-state index in [1.165, 1.54) is 6.92 Å². The first kappa shape index (κ1) is 18.1. The van der Waals surface area contributed by atoms with Crippen LogP contribution in [0.1, 0.15) is 22.8 Å². The maximum atomic E-state index is 12.2. The van der Waals surface area contributed by atoms with E-state index in [0.717, 1.165) is 16.3 Å². The van der Waals surface area contributed by atoms with Crippen molar-refractivity contribution in [2.75, 3.05) is 5.32 Å². The zero-order chi connectivity index (χ0) is 19.2. The van der Waals surface area contributed by atoms with E-state index in [-0.39, 0.29) is 18.2 Å². The molecule has 0 unspecified atom stereocenters. The van der Waals surface area contributed by atoms with Crippen molar-refractivity contribution < 1.29 is 14.4 Å². The molecule has 136 valence electrons. The number of fused-ring (bicyclic) bond motifs is 1. The van der Waals surface area contributed by atoms with Gasteiger partial charge in [-0.1, -0.05) is 42.5 Å². The molecule has 3 aromatic rings. The van der Waals surface area contributed by atoms with Crippen molar-refractivity contribution in [2.45, 2.75) is 13.3 Å². The van der Waals surface area contributed by atoms with Crippen molar-refractivity contribution in [1.29, 1.82) is 0 Å². The lowest BCUT2D eigenvalue weighted by Gasteiger charge is -2.10. The summed E-state index contributed by atoms with van der Waals surface area (Å²) >= 11 is 0. The van der Waals surface area contributed by atoms with Crippen molar-refractivity contribution in [1.82, 2.24) is 10.9 Å². The van der Waals surface area contributed by atoms with Crippen LogP contribution in [0.15, 0.2) is 66.7 Å². The average Bonchev–Trinajstić information content (AvgIpc) is 2.66. The summed E-state index contributed by atoms with van der Waals surface area (Å²) in [5, 5.41) is 4.69. The van der Waals surface area contributed by atoms with Crippen LogP contribution in [0.3, 0.4) is 0 Å². The number of amides is 3. The Morgan fingerprint density at radius 2 is 1.52 bits per heavy atom. The van der Waals surface area contributed by atoms with Gasteiger partial charge in [-0.2, -0.15) is 0 Å². The molecule has 6 nitrogen and oxygen atoms in total. The van der Waals surface area contributed by atoms with Crippen LogP contribution in [-0.2, 0) is 16.0 Å². The standard InChI is InChI=1S/C21H19N3O3/c1-14(25)22-18-11-9-16(10-12-18)21(27)24-23-20(26)13-17-7-4-6-15-5-2-3-8-19(15)17/h2-12H,13H2,1H3,(H,22,25)(H,23,26)(H,24,27). The quantitative estimate of drug-likeness (QED) is 0.625. The maximum Gasteiger partial charge on any atom is 0.269 e. The highest BCUT2D eigenvalue weighted by atomic mass is 16.2. The molecule has 27 heavy (non-hydrogen) atoms. The van der Waals surface area contributed by atoms with E-state index in [1.54, 1.807) is 24.3 Å². The van der Waals surface area contributed by atoms with E-state index in [4.69, 9.17) is 0 Å². The Morgan fingerprint density at radius 3 is 2.26 bits per heavy atom. The second-order valence-electron chi connectivity index (χ2n) is 6.08. The number of benzene rings is 3. The molecule has 0 saturated heterocycles. The molecular weight excluding hydrogens is 342 g/mol. The smallest absolute Gasteiger partial charge is 0.269 e. The predicted molar refractivity (Wildman–Crippen MR) is 104 cm³/mol. The lowest BCUT2D eigenvalue weighted by molar-refractivity contribution is -0.121. The van der Waals surface area contributed by atoms with Crippen molar-refractivity contribution >= 4 is 34.2 Å². The zero-order valence-corrected chi connectivity index (χ0v) is 14.8. The van der Waals surface area contributed by atoms with Crippen LogP contribution in [0.25, 0.3) is 10.8 Å². The molecule has 0 radical (unpaired) electrons. The lowest BCUT2D eigenvalue weighted by atomic mass is 10.0. The molecule has 3 aromatic carbocycles. The molecule has 0 aromatic heterocycles. The summed E-state index contributed by atoms with van der Waals surface area (Å²) < 4.78 is 0. The number of rotatable bonds is 4. The Bertz CT molecular complexity index is 992. The number of hydrazine groups is 1. The van der Waals surface area contributed by atoms with Crippen LogP contribution < -0.4 is 16.2 Å². The van der Waals surface area contributed by atoms with E-state index in [1.807, 2.05) is 42.5 Å². The summed E-state index contributed by atoms with van der Waals surface area (Å²) in [6.07, 6.45) is 0.156. The molecule has 6 heteroatoms. The van der Waals surface area contributed by atoms with Gasteiger partial charge in [-0.25, -0.2) is 0 Å². The lowest BCUT2D eigenvalue weighted by Crippen LogP contribution is -2.42. The summed E-state index contributed by atoms with van der Waals surface area (Å²) in [5.41, 5.74) is 6.69. The van der Waals surface area contributed by atoms with Crippen molar-refractivity contribution in [3.05, 3.63) is 77.9 Å². The van der Waals surface area contributed by atoms with Crippen molar-refractivity contribution in [3.63, 3.8) is 0 Å². The minimum absolute atomic E-state index is 0.156. The molecule has 3 rings (SSSR count). The Labute approximate surface area is 156 Å². The minimum Gasteiger partial charge on any atom is -0.326 e. The number of hydrogen-bond donors (Lipinski definition) is 3. The van der Waals surface area contributed by atoms with E-state index < -0.39 is 5.91 Å². The molecular formula is C21H19N3O3. The molecule has 3 N–H and O–H groups in total. The third-order valence-corrected chi connectivity index (χ3v) is 4.01. The zero-order valence-electron chi connectivity index (χ0n) is 14.8. The molecule has 0 heterocycles. The second kappa shape index (κ2) is 8.14. The highest BCUT2D eigenvalue weighted by molar-refractivity contribution is 5.97. The first-order valence-electron chi connectivity index (χ1n) is 8.46. The Morgan fingerprint density at radius 1 is 0.815 bits per heavy atom. The van der Waals surface area contributed by atoms with Crippen molar-refractivity contribution in [3.8, 4) is 0 Å². The summed E-state index contributed by atoms with van der Waals surface area (Å²) in [7, 11) is 0. The van der Waals surface area contributed by atoms with Crippen LogP contribution in [0.2, 0.25) is 0 Å². The van der Waals surface area contributed by atoms with Crippen molar-refractivity contribution in [2.24, 2.45) is 0 Å². The minimum atomic E-state index is -0.435. The van der Waals surface area contributed by atoms with E-state index in [2.05, 4.69) is 16.2 Å². The number of nitrogens with one attached hydrogen (secondary N) is 3. The Hall–Kier alpha value is -3.67. The van der Waals surface area contributed by atoms with Gasteiger partial charge in [0.2, 0.25) is 11.8 Å². The summed E-state index contributed by atoms with van der Waals surface area (Å²) in [5.74, 6) is -0.932. The van der Waals surface area contributed by atoms with Gasteiger partial charge in [0.05, 0.1) is 6.42 Å². The molecule has 0 atom stereocenters. The normalized spacial score (nSPS) is 10.3. The predicted octanol–water partition coefficient (Wildman–Crippen LogP) is 2.80. The summed E-state index contributed by atoms with van der Waals surface area (Å²) in [6.45, 7) is 1.41. The first-order chi connectivity index (χ1) is 13.0. The van der Waals surface area contributed by atoms with Gasteiger partial charge in [0.15, 0.2) is 0 Å². The highest BCUT2D eigenvalue weighted by Crippen LogP contribution is 2.18. The molecule has 3 amide bonds. The number of carbonyl (C=O) groups excluding carboxylic acids is 3. The molecule has 0 spiro atoms. The van der Waals surface area contributed by atoms with Gasteiger partial charge < -0.3 is 5.32 Å². The van der Waals surface area contributed by atoms with Crippen LogP contribution in [0.4, 0.5) is 5.69 Å². The maximum absolute atomic E-state index is 12.2. The van der Waals surface area contributed by atoms with Gasteiger partial charge in [-0.05, 0) is 40.6 Å². The van der Waals surface area contributed by atoms with Crippen LogP contribution >= 0.6 is 0 Å². The number of anilines is 1.